The number of nitrogens with zero attached hydrogens (tertiary/aromatic N) is 4. The first kappa shape index (κ1) is 14.8. The van der Waals surface area contributed by atoms with Crippen molar-refractivity contribution < 1.29 is 8.42 Å². The second-order valence-electron chi connectivity index (χ2n) is 6.43. The zero-order valence-corrected chi connectivity index (χ0v) is 13.9. The van der Waals surface area contributed by atoms with Crippen molar-refractivity contribution in [3.05, 3.63) is 47.5 Å². The van der Waals surface area contributed by atoms with Crippen molar-refractivity contribution in [3.8, 4) is 0 Å². The third-order valence-corrected chi connectivity index (χ3v) is 6.19. The third-order valence-electron chi connectivity index (χ3n) is 4.90. The van der Waals surface area contributed by atoms with Crippen molar-refractivity contribution in [2.24, 2.45) is 0 Å². The summed E-state index contributed by atoms with van der Waals surface area (Å²) in [6.07, 6.45) is 6.37. The van der Waals surface area contributed by atoms with Gasteiger partial charge in [-0.25, -0.2) is 18.1 Å². The molecule has 4 rings (SSSR count). The Balaban J connectivity index is 1.65. The molecule has 1 aromatic carbocycles. The fourth-order valence-corrected chi connectivity index (χ4v) is 5.01. The highest BCUT2D eigenvalue weighted by atomic mass is 32.2. The summed E-state index contributed by atoms with van der Waals surface area (Å²) < 4.78 is 27.6. The van der Waals surface area contributed by atoms with Gasteiger partial charge in [-0.15, -0.1) is 0 Å². The van der Waals surface area contributed by atoms with Gasteiger partial charge in [0, 0.05) is 6.54 Å². The number of rotatable bonds is 3. The second-order valence-corrected chi connectivity index (χ2v) is 8.36. The van der Waals surface area contributed by atoms with Crippen LogP contribution in [0.25, 0.3) is 0 Å². The Labute approximate surface area is 136 Å². The molecule has 0 amide bonds. The summed E-state index contributed by atoms with van der Waals surface area (Å²) in [4.78, 5) is 4.42. The van der Waals surface area contributed by atoms with Crippen LogP contribution in [0, 0.1) is 0 Å². The van der Waals surface area contributed by atoms with Gasteiger partial charge >= 0.3 is 0 Å². The normalized spacial score (nSPS) is 22.6. The van der Waals surface area contributed by atoms with Crippen LogP contribution in [0.4, 0.5) is 0 Å². The molecule has 1 aromatic heterocycles. The quantitative estimate of drug-likeness (QED) is 0.858. The molecule has 6 nitrogen and oxygen atoms in total. The molecule has 0 saturated carbocycles. The van der Waals surface area contributed by atoms with Gasteiger partial charge in [-0.3, -0.25) is 0 Å². The molecule has 7 heteroatoms. The Morgan fingerprint density at radius 3 is 2.52 bits per heavy atom. The van der Waals surface area contributed by atoms with E-state index in [1.54, 1.807) is 10.6 Å². The maximum absolute atomic E-state index is 12.0. The lowest BCUT2D eigenvalue weighted by atomic mass is 10.1. The smallest absolute Gasteiger partial charge is 0.211 e. The van der Waals surface area contributed by atoms with Crippen LogP contribution in [0.1, 0.15) is 41.9 Å². The number of fused-ring (bicyclic) bond motifs is 1. The fraction of sp³-hybridized carbons (Fsp3) is 0.500. The molecule has 0 unspecified atom stereocenters. The lowest BCUT2D eigenvalue weighted by molar-refractivity contribution is 0.351. The highest BCUT2D eigenvalue weighted by molar-refractivity contribution is 7.88. The molecule has 0 N–H and O–H groups in total. The highest BCUT2D eigenvalue weighted by Gasteiger charge is 2.37. The maximum atomic E-state index is 12.0. The molecule has 0 radical (unpaired) electrons. The average molecular weight is 332 g/mol. The Bertz CT molecular complexity index is 805. The molecule has 1 aliphatic heterocycles. The van der Waals surface area contributed by atoms with E-state index >= 15 is 0 Å². The van der Waals surface area contributed by atoms with Crippen LogP contribution in [0.15, 0.2) is 30.6 Å². The van der Waals surface area contributed by atoms with Gasteiger partial charge in [0.15, 0.2) is 0 Å². The summed E-state index contributed by atoms with van der Waals surface area (Å²) in [7, 11) is -3.22. The minimum absolute atomic E-state index is 0.184. The van der Waals surface area contributed by atoms with Gasteiger partial charge in [-0.2, -0.15) is 9.40 Å². The van der Waals surface area contributed by atoms with E-state index in [0.717, 1.165) is 31.5 Å². The fourth-order valence-electron chi connectivity index (χ4n) is 3.88. The topological polar surface area (TPSA) is 68.1 Å². The molecule has 23 heavy (non-hydrogen) atoms. The zero-order chi connectivity index (χ0) is 16.0. The number of hydrogen-bond donors (Lipinski definition) is 0. The van der Waals surface area contributed by atoms with E-state index < -0.39 is 10.0 Å². The molecule has 2 aliphatic rings. The van der Waals surface area contributed by atoms with E-state index in [0.29, 0.717) is 6.54 Å². The molecule has 122 valence electrons. The summed E-state index contributed by atoms with van der Waals surface area (Å²) in [6.45, 7) is 0.571. The Morgan fingerprint density at radius 2 is 1.87 bits per heavy atom. The number of hydrogen-bond acceptors (Lipinski definition) is 4. The predicted molar refractivity (Wildman–Crippen MR) is 86.4 cm³/mol. The monoisotopic (exact) mass is 332 g/mol. The van der Waals surface area contributed by atoms with Gasteiger partial charge in [-0.1, -0.05) is 24.3 Å². The van der Waals surface area contributed by atoms with Gasteiger partial charge in [0.05, 0.1) is 18.3 Å². The van der Waals surface area contributed by atoms with E-state index in [9.17, 15) is 8.42 Å². The number of sulfonamides is 1. The molecular weight excluding hydrogens is 312 g/mol. The van der Waals surface area contributed by atoms with Crippen molar-refractivity contribution in [1.29, 1.82) is 0 Å². The standard InChI is InChI=1S/C16H20N4O2S/c1-23(21,22)19-8-4-7-15(19)16-17-11-18-20(16)14-9-12-5-2-3-6-13(12)10-14/h2-3,5-6,11,14-15H,4,7-10H2,1H3/t15-/m0/s1. The molecule has 0 spiro atoms. The second kappa shape index (κ2) is 5.42. The van der Waals surface area contributed by atoms with Crippen LogP contribution in [-0.4, -0.2) is 40.3 Å². The third kappa shape index (κ3) is 2.57. The van der Waals surface area contributed by atoms with Crippen LogP contribution in [0.5, 0.6) is 0 Å². The van der Waals surface area contributed by atoms with E-state index in [1.807, 2.05) is 4.68 Å². The first-order valence-corrected chi connectivity index (χ1v) is 9.82. The van der Waals surface area contributed by atoms with Gasteiger partial charge in [0.2, 0.25) is 10.0 Å². The van der Waals surface area contributed by atoms with Gasteiger partial charge < -0.3 is 0 Å². The van der Waals surface area contributed by atoms with Crippen molar-refractivity contribution in [2.45, 2.75) is 37.8 Å². The molecule has 1 atom stereocenters. The minimum atomic E-state index is -3.22. The van der Waals surface area contributed by atoms with Crippen molar-refractivity contribution in [3.63, 3.8) is 0 Å². The average Bonchev–Trinajstić information content (AvgIpc) is 3.23. The Morgan fingerprint density at radius 1 is 1.17 bits per heavy atom. The molecule has 1 saturated heterocycles. The summed E-state index contributed by atoms with van der Waals surface area (Å²) in [5.41, 5.74) is 2.70. The first-order chi connectivity index (χ1) is 11.0. The molecular formula is C16H20N4O2S. The van der Waals surface area contributed by atoms with E-state index in [-0.39, 0.29) is 12.1 Å². The number of benzene rings is 1. The predicted octanol–water partition coefficient (Wildman–Crippen LogP) is 1.71. The van der Waals surface area contributed by atoms with Gasteiger partial charge in [0.25, 0.3) is 0 Å². The Hall–Kier alpha value is -1.73. The molecule has 1 aliphatic carbocycles. The van der Waals surface area contributed by atoms with Crippen molar-refractivity contribution in [1.82, 2.24) is 19.1 Å². The van der Waals surface area contributed by atoms with Crippen LogP contribution < -0.4 is 0 Å². The number of aromatic nitrogens is 3. The van der Waals surface area contributed by atoms with Gasteiger partial charge in [-0.05, 0) is 36.8 Å². The van der Waals surface area contributed by atoms with E-state index in [1.165, 1.54) is 17.4 Å². The molecule has 2 heterocycles. The zero-order valence-electron chi connectivity index (χ0n) is 13.1. The lowest BCUT2D eigenvalue weighted by Gasteiger charge is -2.23. The maximum Gasteiger partial charge on any atom is 0.211 e. The summed E-state index contributed by atoms with van der Waals surface area (Å²) in [6, 6.07) is 8.48. The van der Waals surface area contributed by atoms with E-state index in [4.69, 9.17) is 0 Å². The van der Waals surface area contributed by atoms with Crippen LogP contribution in [0.2, 0.25) is 0 Å². The SMILES string of the molecule is CS(=O)(=O)N1CCC[C@H]1c1ncnn1C1Cc2ccccc2C1. The van der Waals surface area contributed by atoms with Crippen LogP contribution >= 0.6 is 0 Å². The van der Waals surface area contributed by atoms with Crippen LogP contribution in [0.3, 0.4) is 0 Å². The summed E-state index contributed by atoms with van der Waals surface area (Å²) in [5.74, 6) is 0.783. The van der Waals surface area contributed by atoms with Crippen molar-refractivity contribution in [2.75, 3.05) is 12.8 Å². The Kier molecular flexibility index (Phi) is 3.50. The highest BCUT2D eigenvalue weighted by Crippen LogP contribution is 2.36. The minimum Gasteiger partial charge on any atom is -0.245 e. The molecule has 2 aromatic rings. The summed E-state index contributed by atoms with van der Waals surface area (Å²) >= 11 is 0. The van der Waals surface area contributed by atoms with Crippen LogP contribution in [-0.2, 0) is 22.9 Å². The summed E-state index contributed by atoms with van der Waals surface area (Å²) in [5, 5.41) is 4.43. The largest absolute Gasteiger partial charge is 0.245 e. The first-order valence-electron chi connectivity index (χ1n) is 7.97. The molecule has 0 bridgehead atoms. The van der Waals surface area contributed by atoms with Crippen molar-refractivity contribution >= 4 is 10.0 Å². The van der Waals surface area contributed by atoms with E-state index in [2.05, 4.69) is 34.3 Å². The van der Waals surface area contributed by atoms with Gasteiger partial charge in [0.1, 0.15) is 12.2 Å². The lowest BCUT2D eigenvalue weighted by Crippen LogP contribution is -2.32. The molecule has 1 fully saturated rings.